The van der Waals surface area contributed by atoms with Crippen LogP contribution >= 0.6 is 0 Å². The van der Waals surface area contributed by atoms with Gasteiger partial charge in [0.1, 0.15) is 6.04 Å². The van der Waals surface area contributed by atoms with E-state index < -0.39 is 12.0 Å². The van der Waals surface area contributed by atoms with Crippen molar-refractivity contribution in [1.29, 1.82) is 0 Å². The quantitative estimate of drug-likeness (QED) is 0.614. The summed E-state index contributed by atoms with van der Waals surface area (Å²) in [6.07, 6.45) is 0. The summed E-state index contributed by atoms with van der Waals surface area (Å²) in [5, 5.41) is 8.76. The molecule has 1 saturated heterocycles. The minimum Gasteiger partial charge on any atom is -0.480 e. The highest BCUT2D eigenvalue weighted by Crippen LogP contribution is 2.18. The van der Waals surface area contributed by atoms with Crippen LogP contribution in [0.2, 0.25) is 0 Å². The van der Waals surface area contributed by atoms with Crippen LogP contribution in [0, 0.1) is 0 Å². The SMILES string of the molecule is CN1CC(C)(C)OCC1C(=O)O. The van der Waals surface area contributed by atoms with Crippen LogP contribution in [-0.4, -0.2) is 47.8 Å². The lowest BCUT2D eigenvalue weighted by Crippen LogP contribution is -2.55. The van der Waals surface area contributed by atoms with Crippen LogP contribution in [0.15, 0.2) is 0 Å². The molecular formula is C8H15NO3. The van der Waals surface area contributed by atoms with Crippen molar-refractivity contribution < 1.29 is 14.6 Å². The summed E-state index contributed by atoms with van der Waals surface area (Å²) in [5.74, 6) is -0.812. The maximum atomic E-state index is 10.7. The van der Waals surface area contributed by atoms with E-state index in [4.69, 9.17) is 9.84 Å². The summed E-state index contributed by atoms with van der Waals surface area (Å²) in [4.78, 5) is 12.5. The zero-order chi connectivity index (χ0) is 9.35. The third-order valence-corrected chi connectivity index (χ3v) is 2.08. The average Bonchev–Trinajstić information content (AvgIpc) is 1.83. The first-order valence-electron chi connectivity index (χ1n) is 3.99. The van der Waals surface area contributed by atoms with E-state index >= 15 is 0 Å². The summed E-state index contributed by atoms with van der Waals surface area (Å²) in [6.45, 7) is 4.85. The van der Waals surface area contributed by atoms with Crippen molar-refractivity contribution in [3.63, 3.8) is 0 Å². The highest BCUT2D eigenvalue weighted by molar-refractivity contribution is 5.73. The molecule has 1 fully saturated rings. The molecule has 0 radical (unpaired) electrons. The van der Waals surface area contributed by atoms with Gasteiger partial charge in [0.05, 0.1) is 12.2 Å². The summed E-state index contributed by atoms with van der Waals surface area (Å²) in [5.41, 5.74) is -0.222. The Balaban J connectivity index is 2.60. The van der Waals surface area contributed by atoms with E-state index in [1.807, 2.05) is 25.8 Å². The molecule has 1 heterocycles. The van der Waals surface area contributed by atoms with Gasteiger partial charge in [-0.3, -0.25) is 9.69 Å². The lowest BCUT2D eigenvalue weighted by atomic mass is 10.1. The van der Waals surface area contributed by atoms with E-state index in [9.17, 15) is 4.79 Å². The fraction of sp³-hybridized carbons (Fsp3) is 0.875. The fourth-order valence-electron chi connectivity index (χ4n) is 1.45. The smallest absolute Gasteiger partial charge is 0.323 e. The first kappa shape index (κ1) is 9.48. The Hall–Kier alpha value is -0.610. The second-order valence-corrected chi connectivity index (χ2v) is 3.84. The van der Waals surface area contributed by atoms with E-state index in [2.05, 4.69) is 0 Å². The Kier molecular flexibility index (Phi) is 2.39. The van der Waals surface area contributed by atoms with Gasteiger partial charge in [-0.15, -0.1) is 0 Å². The van der Waals surface area contributed by atoms with Crippen LogP contribution in [-0.2, 0) is 9.53 Å². The molecule has 0 amide bonds. The number of carbonyl (C=O) groups is 1. The molecule has 1 aliphatic rings. The average molecular weight is 173 g/mol. The molecule has 1 rings (SSSR count). The minimum atomic E-state index is -0.812. The van der Waals surface area contributed by atoms with Gasteiger partial charge >= 0.3 is 5.97 Å². The number of likely N-dealkylation sites (N-methyl/N-ethyl adjacent to an activating group) is 1. The lowest BCUT2D eigenvalue weighted by molar-refractivity contribution is -0.159. The molecular weight excluding hydrogens is 158 g/mol. The van der Waals surface area contributed by atoms with Gasteiger partial charge in [-0.25, -0.2) is 0 Å². The van der Waals surface area contributed by atoms with Crippen molar-refractivity contribution in [3.05, 3.63) is 0 Å². The summed E-state index contributed by atoms with van der Waals surface area (Å²) in [7, 11) is 1.81. The molecule has 1 atom stereocenters. The number of carboxylic acids is 1. The van der Waals surface area contributed by atoms with Gasteiger partial charge in [0.15, 0.2) is 0 Å². The van der Waals surface area contributed by atoms with Crippen molar-refractivity contribution in [2.24, 2.45) is 0 Å². The number of hydrogen-bond donors (Lipinski definition) is 1. The third kappa shape index (κ3) is 1.95. The van der Waals surface area contributed by atoms with Crippen molar-refractivity contribution >= 4 is 5.97 Å². The van der Waals surface area contributed by atoms with Crippen LogP contribution in [0.5, 0.6) is 0 Å². The van der Waals surface area contributed by atoms with Crippen LogP contribution in [0.1, 0.15) is 13.8 Å². The largest absolute Gasteiger partial charge is 0.480 e. The number of morpholine rings is 1. The zero-order valence-electron chi connectivity index (χ0n) is 7.70. The Morgan fingerprint density at radius 1 is 1.67 bits per heavy atom. The first-order chi connectivity index (χ1) is 5.42. The maximum Gasteiger partial charge on any atom is 0.323 e. The molecule has 0 bridgehead atoms. The number of carboxylic acid groups (broad SMARTS) is 1. The molecule has 1 aliphatic heterocycles. The number of ether oxygens (including phenoxy) is 1. The molecule has 0 saturated carbocycles. The molecule has 0 aromatic rings. The summed E-state index contributed by atoms with van der Waals surface area (Å²) < 4.78 is 5.39. The van der Waals surface area contributed by atoms with E-state index in [0.29, 0.717) is 6.54 Å². The van der Waals surface area contributed by atoms with Crippen LogP contribution in [0.4, 0.5) is 0 Å². The molecule has 4 heteroatoms. The Morgan fingerprint density at radius 2 is 2.25 bits per heavy atom. The predicted molar refractivity (Wildman–Crippen MR) is 44.1 cm³/mol. The zero-order valence-corrected chi connectivity index (χ0v) is 7.70. The van der Waals surface area contributed by atoms with E-state index in [1.54, 1.807) is 0 Å². The van der Waals surface area contributed by atoms with Gasteiger partial charge in [-0.1, -0.05) is 0 Å². The van der Waals surface area contributed by atoms with Crippen molar-refractivity contribution in [1.82, 2.24) is 4.90 Å². The maximum absolute atomic E-state index is 10.7. The lowest BCUT2D eigenvalue weighted by Gasteiger charge is -2.39. The van der Waals surface area contributed by atoms with Gasteiger partial charge in [0.2, 0.25) is 0 Å². The molecule has 4 nitrogen and oxygen atoms in total. The molecule has 12 heavy (non-hydrogen) atoms. The number of nitrogens with zero attached hydrogens (tertiary/aromatic N) is 1. The summed E-state index contributed by atoms with van der Waals surface area (Å²) in [6, 6.07) is -0.488. The first-order valence-corrected chi connectivity index (χ1v) is 3.99. The highest BCUT2D eigenvalue weighted by atomic mass is 16.5. The van der Waals surface area contributed by atoms with Crippen LogP contribution in [0.3, 0.4) is 0 Å². The van der Waals surface area contributed by atoms with Crippen LogP contribution in [0.25, 0.3) is 0 Å². The van der Waals surface area contributed by atoms with Gasteiger partial charge in [0.25, 0.3) is 0 Å². The third-order valence-electron chi connectivity index (χ3n) is 2.08. The molecule has 0 aliphatic carbocycles. The second kappa shape index (κ2) is 3.03. The molecule has 1 unspecified atom stereocenters. The fourth-order valence-corrected chi connectivity index (χ4v) is 1.45. The number of rotatable bonds is 1. The Labute approximate surface area is 72.1 Å². The highest BCUT2D eigenvalue weighted by Gasteiger charge is 2.35. The molecule has 0 aromatic carbocycles. The predicted octanol–water partition coefficient (Wildman–Crippen LogP) is 0.180. The Morgan fingerprint density at radius 3 is 2.67 bits per heavy atom. The molecule has 70 valence electrons. The topological polar surface area (TPSA) is 49.8 Å². The monoisotopic (exact) mass is 173 g/mol. The molecule has 0 spiro atoms. The van der Waals surface area contributed by atoms with Gasteiger partial charge < -0.3 is 9.84 Å². The van der Waals surface area contributed by atoms with Crippen molar-refractivity contribution in [2.45, 2.75) is 25.5 Å². The number of hydrogen-bond acceptors (Lipinski definition) is 3. The van der Waals surface area contributed by atoms with E-state index in [0.717, 1.165) is 0 Å². The summed E-state index contributed by atoms with van der Waals surface area (Å²) >= 11 is 0. The minimum absolute atomic E-state index is 0.222. The standard InChI is InChI=1S/C8H15NO3/c1-8(2)5-9(3)6(4-12-8)7(10)11/h6H,4-5H2,1-3H3,(H,10,11). The molecule has 0 aromatic heterocycles. The van der Waals surface area contributed by atoms with Crippen LogP contribution < -0.4 is 0 Å². The Bertz CT molecular complexity index is 191. The van der Waals surface area contributed by atoms with E-state index in [1.165, 1.54) is 0 Å². The van der Waals surface area contributed by atoms with Gasteiger partial charge in [0, 0.05) is 6.54 Å². The van der Waals surface area contributed by atoms with Crippen molar-refractivity contribution in [2.75, 3.05) is 20.2 Å². The van der Waals surface area contributed by atoms with Gasteiger partial charge in [-0.05, 0) is 20.9 Å². The molecule has 1 N–H and O–H groups in total. The van der Waals surface area contributed by atoms with Gasteiger partial charge in [-0.2, -0.15) is 0 Å². The second-order valence-electron chi connectivity index (χ2n) is 3.84. The normalized spacial score (nSPS) is 30.1. The van der Waals surface area contributed by atoms with E-state index in [-0.39, 0.29) is 12.2 Å². The van der Waals surface area contributed by atoms with Crippen molar-refractivity contribution in [3.8, 4) is 0 Å². The number of aliphatic carboxylic acids is 1.